The number of anilines is 1. The Balaban J connectivity index is 2.06. The van der Waals surface area contributed by atoms with E-state index < -0.39 is 11.5 Å². The Bertz CT molecular complexity index is 1050. The van der Waals surface area contributed by atoms with Crippen LogP contribution >= 0.6 is 0 Å². The second-order valence-electron chi connectivity index (χ2n) is 7.06. The van der Waals surface area contributed by atoms with E-state index in [0.29, 0.717) is 34.8 Å². The highest BCUT2D eigenvalue weighted by Crippen LogP contribution is 2.27. The number of nitrogens with one attached hydrogen (secondary N) is 1. The van der Waals surface area contributed by atoms with Crippen molar-refractivity contribution in [1.29, 1.82) is 0 Å². The molecule has 0 fully saturated rings. The van der Waals surface area contributed by atoms with Crippen LogP contribution in [0.25, 0.3) is 10.9 Å². The minimum Gasteiger partial charge on any atom is -0.506 e. The van der Waals surface area contributed by atoms with Gasteiger partial charge in [0.25, 0.3) is 11.5 Å². The molecular formula is C22H24N2O4. The highest BCUT2D eigenvalue weighted by molar-refractivity contribution is 6.09. The lowest BCUT2D eigenvalue weighted by Gasteiger charge is -2.16. The Morgan fingerprint density at radius 2 is 1.82 bits per heavy atom. The predicted molar refractivity (Wildman–Crippen MR) is 110 cm³/mol. The Labute approximate surface area is 163 Å². The molecule has 2 aromatic carbocycles. The quantitative estimate of drug-likeness (QED) is 0.677. The fourth-order valence-corrected chi connectivity index (χ4v) is 3.07. The number of aryl methyl sites for hydroxylation is 1. The molecule has 1 aromatic heterocycles. The third kappa shape index (κ3) is 3.86. The van der Waals surface area contributed by atoms with Crippen LogP contribution < -0.4 is 15.6 Å². The van der Waals surface area contributed by atoms with Crippen molar-refractivity contribution in [2.75, 3.05) is 12.4 Å². The zero-order valence-electron chi connectivity index (χ0n) is 16.2. The molecule has 2 N–H and O–H groups in total. The number of carbonyl (C=O) groups excluding carboxylic acids is 1. The molecule has 1 amide bonds. The van der Waals surface area contributed by atoms with Crippen molar-refractivity contribution >= 4 is 22.5 Å². The number of rotatable bonds is 6. The summed E-state index contributed by atoms with van der Waals surface area (Å²) in [5.74, 6) is 0.114. The van der Waals surface area contributed by atoms with Crippen molar-refractivity contribution in [3.8, 4) is 11.5 Å². The van der Waals surface area contributed by atoms with Crippen LogP contribution in [0, 0.1) is 5.92 Å². The molecule has 0 saturated carbocycles. The van der Waals surface area contributed by atoms with Gasteiger partial charge in [0.05, 0.1) is 12.6 Å². The average Bonchev–Trinajstić information content (AvgIpc) is 2.68. The number of nitrogens with zero attached hydrogens (tertiary/aromatic N) is 1. The van der Waals surface area contributed by atoms with Gasteiger partial charge in [0.1, 0.15) is 17.1 Å². The van der Waals surface area contributed by atoms with Crippen LogP contribution in [0.5, 0.6) is 11.5 Å². The maximum Gasteiger partial charge on any atom is 0.267 e. The van der Waals surface area contributed by atoms with Crippen molar-refractivity contribution in [1.82, 2.24) is 4.57 Å². The van der Waals surface area contributed by atoms with Gasteiger partial charge in [-0.3, -0.25) is 9.59 Å². The fraction of sp³-hybridized carbons (Fsp3) is 0.273. The van der Waals surface area contributed by atoms with E-state index in [2.05, 4.69) is 19.2 Å². The monoisotopic (exact) mass is 380 g/mol. The van der Waals surface area contributed by atoms with Gasteiger partial charge in [-0.2, -0.15) is 0 Å². The molecule has 3 rings (SSSR count). The largest absolute Gasteiger partial charge is 0.506 e. The van der Waals surface area contributed by atoms with Crippen molar-refractivity contribution < 1.29 is 14.6 Å². The summed E-state index contributed by atoms with van der Waals surface area (Å²) in [6.07, 6.45) is 0.786. The first-order valence-corrected chi connectivity index (χ1v) is 9.22. The van der Waals surface area contributed by atoms with Gasteiger partial charge >= 0.3 is 0 Å². The standard InChI is InChI=1S/C22H24N2O4/c1-14(2)12-13-24-18-7-5-4-6-17(18)20(25)19(22(24)27)21(26)23-15-8-10-16(28-3)11-9-15/h4-11,14,25H,12-13H2,1-3H3,(H,23,26). The number of ether oxygens (including phenoxy) is 1. The Kier molecular flexibility index (Phi) is 5.68. The van der Waals surface area contributed by atoms with Gasteiger partial charge in [0, 0.05) is 17.6 Å². The molecule has 0 aliphatic rings. The number of hydrogen-bond donors (Lipinski definition) is 2. The van der Waals surface area contributed by atoms with Crippen molar-refractivity contribution in [3.63, 3.8) is 0 Å². The molecule has 28 heavy (non-hydrogen) atoms. The Hall–Kier alpha value is -3.28. The van der Waals surface area contributed by atoms with Gasteiger partial charge in [-0.05, 0) is 48.7 Å². The first-order valence-electron chi connectivity index (χ1n) is 9.22. The molecule has 0 saturated heterocycles. The lowest BCUT2D eigenvalue weighted by molar-refractivity contribution is 0.102. The normalized spacial score (nSPS) is 11.0. The van der Waals surface area contributed by atoms with Crippen LogP contribution in [0.15, 0.2) is 53.3 Å². The van der Waals surface area contributed by atoms with Crippen LogP contribution in [0.4, 0.5) is 5.69 Å². The number of para-hydroxylation sites is 1. The van der Waals surface area contributed by atoms with Crippen molar-refractivity contribution in [2.24, 2.45) is 5.92 Å². The summed E-state index contributed by atoms with van der Waals surface area (Å²) in [6, 6.07) is 13.8. The van der Waals surface area contributed by atoms with Crippen LogP contribution in [-0.2, 0) is 6.54 Å². The maximum absolute atomic E-state index is 13.1. The van der Waals surface area contributed by atoms with Gasteiger partial charge in [0.2, 0.25) is 0 Å². The second kappa shape index (κ2) is 8.17. The molecule has 0 bridgehead atoms. The molecule has 146 valence electrons. The lowest BCUT2D eigenvalue weighted by atomic mass is 10.1. The number of benzene rings is 2. The zero-order chi connectivity index (χ0) is 20.3. The molecule has 0 aliphatic carbocycles. The van der Waals surface area contributed by atoms with E-state index in [1.165, 1.54) is 0 Å². The maximum atomic E-state index is 13.1. The average molecular weight is 380 g/mol. The van der Waals surface area contributed by atoms with Gasteiger partial charge in [0.15, 0.2) is 0 Å². The van der Waals surface area contributed by atoms with E-state index in [0.717, 1.165) is 6.42 Å². The Morgan fingerprint density at radius 1 is 1.14 bits per heavy atom. The first-order chi connectivity index (χ1) is 13.4. The number of pyridine rings is 1. The number of methoxy groups -OCH3 is 1. The van der Waals surface area contributed by atoms with Crippen LogP contribution in [0.3, 0.4) is 0 Å². The van der Waals surface area contributed by atoms with Crippen molar-refractivity contribution in [3.05, 3.63) is 64.4 Å². The van der Waals surface area contributed by atoms with Crippen LogP contribution in [0.1, 0.15) is 30.6 Å². The van der Waals surface area contributed by atoms with Crippen LogP contribution in [0.2, 0.25) is 0 Å². The van der Waals surface area contributed by atoms with Gasteiger partial charge < -0.3 is 19.7 Å². The van der Waals surface area contributed by atoms with E-state index in [4.69, 9.17) is 4.74 Å². The molecule has 6 heteroatoms. The number of aromatic hydroxyl groups is 1. The zero-order valence-corrected chi connectivity index (χ0v) is 16.2. The molecule has 0 atom stereocenters. The minimum atomic E-state index is -0.642. The summed E-state index contributed by atoms with van der Waals surface area (Å²) in [6.45, 7) is 4.62. The van der Waals surface area contributed by atoms with E-state index in [-0.39, 0.29) is 11.3 Å². The van der Waals surface area contributed by atoms with E-state index in [1.54, 1.807) is 54.1 Å². The SMILES string of the molecule is COc1ccc(NC(=O)c2c(O)c3ccccc3n(CCC(C)C)c2=O)cc1. The molecule has 3 aromatic rings. The molecular weight excluding hydrogens is 356 g/mol. The van der Waals surface area contributed by atoms with E-state index in [1.807, 2.05) is 6.07 Å². The molecule has 0 aliphatic heterocycles. The predicted octanol–water partition coefficient (Wildman–Crippen LogP) is 4.01. The van der Waals surface area contributed by atoms with Gasteiger partial charge in [-0.15, -0.1) is 0 Å². The molecule has 0 unspecified atom stereocenters. The number of aromatic nitrogens is 1. The topological polar surface area (TPSA) is 80.6 Å². The molecule has 0 radical (unpaired) electrons. The van der Waals surface area contributed by atoms with Crippen LogP contribution in [-0.4, -0.2) is 22.7 Å². The first kappa shape index (κ1) is 19.5. The highest BCUT2D eigenvalue weighted by atomic mass is 16.5. The summed E-state index contributed by atoms with van der Waals surface area (Å²) >= 11 is 0. The molecule has 1 heterocycles. The molecule has 0 spiro atoms. The third-order valence-corrected chi connectivity index (χ3v) is 4.65. The fourth-order valence-electron chi connectivity index (χ4n) is 3.07. The summed E-state index contributed by atoms with van der Waals surface area (Å²) < 4.78 is 6.67. The van der Waals surface area contributed by atoms with Gasteiger partial charge in [-0.1, -0.05) is 26.0 Å². The van der Waals surface area contributed by atoms with E-state index >= 15 is 0 Å². The third-order valence-electron chi connectivity index (χ3n) is 4.65. The highest BCUT2D eigenvalue weighted by Gasteiger charge is 2.22. The number of hydrogen-bond acceptors (Lipinski definition) is 4. The number of amides is 1. The second-order valence-corrected chi connectivity index (χ2v) is 7.06. The van der Waals surface area contributed by atoms with Crippen molar-refractivity contribution in [2.45, 2.75) is 26.8 Å². The summed E-state index contributed by atoms with van der Waals surface area (Å²) in [5.41, 5.74) is 0.374. The lowest BCUT2D eigenvalue weighted by Crippen LogP contribution is -2.30. The summed E-state index contributed by atoms with van der Waals surface area (Å²) in [5, 5.41) is 13.8. The van der Waals surface area contributed by atoms with E-state index in [9.17, 15) is 14.7 Å². The molecule has 6 nitrogen and oxygen atoms in total. The van der Waals surface area contributed by atoms with Gasteiger partial charge in [-0.25, -0.2) is 0 Å². The smallest absolute Gasteiger partial charge is 0.267 e. The summed E-state index contributed by atoms with van der Waals surface area (Å²) in [4.78, 5) is 25.9. The number of carbonyl (C=O) groups is 1. The summed E-state index contributed by atoms with van der Waals surface area (Å²) in [7, 11) is 1.56. The Morgan fingerprint density at radius 3 is 2.46 bits per heavy atom. The number of fused-ring (bicyclic) bond motifs is 1. The minimum absolute atomic E-state index is 0.252.